The zero-order valence-corrected chi connectivity index (χ0v) is 13.5. The van der Waals surface area contributed by atoms with Gasteiger partial charge in [-0.1, -0.05) is 12.1 Å². The molecule has 24 heavy (non-hydrogen) atoms. The molecule has 1 aromatic heterocycles. The molecule has 0 aliphatic carbocycles. The highest BCUT2D eigenvalue weighted by Gasteiger charge is 2.07. The second kappa shape index (κ2) is 7.45. The summed E-state index contributed by atoms with van der Waals surface area (Å²) in [5.74, 6) is 2.87. The largest absolute Gasteiger partial charge is 0.497 e. The third-order valence-corrected chi connectivity index (χ3v) is 3.40. The van der Waals surface area contributed by atoms with Crippen molar-refractivity contribution in [1.82, 2.24) is 20.2 Å². The van der Waals surface area contributed by atoms with E-state index in [1.807, 2.05) is 48.5 Å². The number of ether oxygens (including phenoxy) is 3. The van der Waals surface area contributed by atoms with Gasteiger partial charge in [0, 0.05) is 5.56 Å². The molecule has 0 aliphatic rings. The first-order chi connectivity index (χ1) is 11.8. The molecule has 0 aliphatic heterocycles. The van der Waals surface area contributed by atoms with Crippen molar-refractivity contribution in [3.8, 4) is 28.6 Å². The molecule has 0 unspecified atom stereocenters. The quantitative estimate of drug-likeness (QED) is 0.664. The molecule has 0 radical (unpaired) electrons. The lowest BCUT2D eigenvalue weighted by molar-refractivity contribution is 0.280. The first-order valence-corrected chi connectivity index (χ1v) is 7.47. The average Bonchev–Trinajstić information content (AvgIpc) is 3.11. The normalized spacial score (nSPS) is 10.4. The minimum Gasteiger partial charge on any atom is -0.497 e. The third-order valence-electron chi connectivity index (χ3n) is 3.40. The summed E-state index contributed by atoms with van der Waals surface area (Å²) >= 11 is 0. The van der Waals surface area contributed by atoms with E-state index in [4.69, 9.17) is 14.2 Å². The molecule has 0 saturated heterocycles. The monoisotopic (exact) mass is 326 g/mol. The Balaban J connectivity index is 1.57. The van der Waals surface area contributed by atoms with Crippen LogP contribution in [-0.4, -0.2) is 41.0 Å². The summed E-state index contributed by atoms with van der Waals surface area (Å²) in [5, 5.41) is 12.5. The van der Waals surface area contributed by atoms with Crippen LogP contribution in [0, 0.1) is 0 Å². The number of rotatable bonds is 7. The van der Waals surface area contributed by atoms with Crippen LogP contribution in [0.25, 0.3) is 11.4 Å². The number of methoxy groups -OCH3 is 2. The minimum atomic E-state index is 0.445. The van der Waals surface area contributed by atoms with E-state index in [1.165, 1.54) is 4.80 Å². The fraction of sp³-hybridized carbons (Fsp3) is 0.235. The first kappa shape index (κ1) is 15.8. The van der Waals surface area contributed by atoms with E-state index < -0.39 is 0 Å². The Morgan fingerprint density at radius 2 is 1.67 bits per heavy atom. The van der Waals surface area contributed by atoms with Crippen molar-refractivity contribution in [1.29, 1.82) is 0 Å². The van der Waals surface area contributed by atoms with Gasteiger partial charge >= 0.3 is 0 Å². The number of tetrazole rings is 1. The van der Waals surface area contributed by atoms with E-state index in [1.54, 1.807) is 14.2 Å². The van der Waals surface area contributed by atoms with Gasteiger partial charge in [-0.3, -0.25) is 0 Å². The fourth-order valence-corrected chi connectivity index (χ4v) is 2.13. The van der Waals surface area contributed by atoms with Crippen molar-refractivity contribution in [2.75, 3.05) is 20.8 Å². The summed E-state index contributed by atoms with van der Waals surface area (Å²) in [6.07, 6.45) is 0. The molecule has 7 heteroatoms. The summed E-state index contributed by atoms with van der Waals surface area (Å²) in [7, 11) is 3.26. The van der Waals surface area contributed by atoms with Crippen LogP contribution < -0.4 is 14.2 Å². The number of aromatic nitrogens is 4. The van der Waals surface area contributed by atoms with Gasteiger partial charge in [-0.2, -0.15) is 4.80 Å². The SMILES string of the molecule is COc1ccc(OCCn2nnc(-c3cccc(OC)c3)n2)cc1. The van der Waals surface area contributed by atoms with Crippen LogP contribution in [0.5, 0.6) is 17.2 Å². The highest BCUT2D eigenvalue weighted by Crippen LogP contribution is 2.20. The van der Waals surface area contributed by atoms with Crippen molar-refractivity contribution in [2.45, 2.75) is 6.54 Å². The summed E-state index contributed by atoms with van der Waals surface area (Å²) in [6.45, 7) is 0.948. The molecule has 0 N–H and O–H groups in total. The van der Waals surface area contributed by atoms with E-state index in [9.17, 15) is 0 Å². The maximum atomic E-state index is 5.66. The Kier molecular flexibility index (Phi) is 4.90. The zero-order chi connectivity index (χ0) is 16.8. The van der Waals surface area contributed by atoms with Gasteiger partial charge in [0.2, 0.25) is 5.82 Å². The van der Waals surface area contributed by atoms with E-state index in [-0.39, 0.29) is 0 Å². The summed E-state index contributed by atoms with van der Waals surface area (Å²) in [4.78, 5) is 1.51. The van der Waals surface area contributed by atoms with Gasteiger partial charge in [-0.15, -0.1) is 10.2 Å². The van der Waals surface area contributed by atoms with Crippen LogP contribution in [0.4, 0.5) is 0 Å². The molecular formula is C17H18N4O3. The summed E-state index contributed by atoms with van der Waals surface area (Å²) in [5.41, 5.74) is 0.858. The van der Waals surface area contributed by atoms with Crippen molar-refractivity contribution >= 4 is 0 Å². The van der Waals surface area contributed by atoms with Crippen molar-refractivity contribution in [3.63, 3.8) is 0 Å². The highest BCUT2D eigenvalue weighted by atomic mass is 16.5. The lowest BCUT2D eigenvalue weighted by atomic mass is 10.2. The Hall–Kier alpha value is -3.09. The molecule has 7 nitrogen and oxygen atoms in total. The molecule has 1 heterocycles. The molecule has 0 amide bonds. The molecule has 0 spiro atoms. The minimum absolute atomic E-state index is 0.445. The van der Waals surface area contributed by atoms with Crippen LogP contribution in [0.2, 0.25) is 0 Å². The molecule has 0 saturated carbocycles. The molecule has 124 valence electrons. The fourth-order valence-electron chi connectivity index (χ4n) is 2.13. The van der Waals surface area contributed by atoms with Gasteiger partial charge in [-0.05, 0) is 41.6 Å². The zero-order valence-electron chi connectivity index (χ0n) is 13.5. The molecule has 0 fully saturated rings. The molecule has 0 bridgehead atoms. The second-order valence-corrected chi connectivity index (χ2v) is 4.96. The van der Waals surface area contributed by atoms with E-state index >= 15 is 0 Å². The van der Waals surface area contributed by atoms with E-state index in [2.05, 4.69) is 15.4 Å². The van der Waals surface area contributed by atoms with Gasteiger partial charge in [0.05, 0.1) is 20.8 Å². The second-order valence-electron chi connectivity index (χ2n) is 4.96. The predicted molar refractivity (Wildman–Crippen MR) is 88.3 cm³/mol. The van der Waals surface area contributed by atoms with E-state index in [0.29, 0.717) is 19.0 Å². The topological polar surface area (TPSA) is 71.3 Å². The third kappa shape index (κ3) is 3.81. The Bertz CT molecular complexity index is 787. The highest BCUT2D eigenvalue weighted by molar-refractivity contribution is 5.56. The van der Waals surface area contributed by atoms with Gasteiger partial charge in [-0.25, -0.2) is 0 Å². The number of benzene rings is 2. The molecular weight excluding hydrogens is 308 g/mol. The van der Waals surface area contributed by atoms with Gasteiger partial charge in [0.1, 0.15) is 23.9 Å². The predicted octanol–water partition coefficient (Wildman–Crippen LogP) is 2.44. The number of hydrogen-bond acceptors (Lipinski definition) is 6. The Morgan fingerprint density at radius 1 is 0.917 bits per heavy atom. The molecule has 2 aromatic carbocycles. The standard InChI is InChI=1S/C17H18N4O3/c1-22-14-6-8-15(9-7-14)24-11-10-21-19-17(18-20-21)13-4-3-5-16(12-13)23-2/h3-9,12H,10-11H2,1-2H3. The van der Waals surface area contributed by atoms with E-state index in [0.717, 1.165) is 22.8 Å². The van der Waals surface area contributed by atoms with Gasteiger partial charge < -0.3 is 14.2 Å². The lowest BCUT2D eigenvalue weighted by Crippen LogP contribution is -2.11. The van der Waals surface area contributed by atoms with Crippen LogP contribution >= 0.6 is 0 Å². The van der Waals surface area contributed by atoms with Crippen molar-refractivity contribution in [2.24, 2.45) is 0 Å². The van der Waals surface area contributed by atoms with Crippen LogP contribution in [0.1, 0.15) is 0 Å². The maximum Gasteiger partial charge on any atom is 0.205 e. The Labute approximate surface area is 139 Å². The maximum absolute atomic E-state index is 5.66. The van der Waals surface area contributed by atoms with Crippen LogP contribution in [-0.2, 0) is 6.54 Å². The number of nitrogens with zero attached hydrogens (tertiary/aromatic N) is 4. The molecule has 3 aromatic rings. The van der Waals surface area contributed by atoms with Crippen LogP contribution in [0.15, 0.2) is 48.5 Å². The van der Waals surface area contributed by atoms with Crippen molar-refractivity contribution < 1.29 is 14.2 Å². The molecule has 0 atom stereocenters. The van der Waals surface area contributed by atoms with Gasteiger partial charge in [0.25, 0.3) is 0 Å². The van der Waals surface area contributed by atoms with Crippen molar-refractivity contribution in [3.05, 3.63) is 48.5 Å². The molecule has 3 rings (SSSR count). The van der Waals surface area contributed by atoms with Gasteiger partial charge in [0.15, 0.2) is 0 Å². The Morgan fingerprint density at radius 3 is 2.42 bits per heavy atom. The summed E-state index contributed by atoms with van der Waals surface area (Å²) < 4.78 is 16.0. The lowest BCUT2D eigenvalue weighted by Gasteiger charge is -2.06. The first-order valence-electron chi connectivity index (χ1n) is 7.47. The number of hydrogen-bond donors (Lipinski definition) is 0. The average molecular weight is 326 g/mol. The summed E-state index contributed by atoms with van der Waals surface area (Å²) in [6, 6.07) is 15.0. The van der Waals surface area contributed by atoms with Crippen LogP contribution in [0.3, 0.4) is 0 Å². The smallest absolute Gasteiger partial charge is 0.205 e.